The van der Waals surface area contributed by atoms with E-state index in [0.29, 0.717) is 24.3 Å². The van der Waals surface area contributed by atoms with Gasteiger partial charge in [-0.05, 0) is 24.3 Å². The second-order valence-electron chi connectivity index (χ2n) is 4.51. The van der Waals surface area contributed by atoms with Crippen molar-refractivity contribution in [1.82, 2.24) is 4.90 Å². The number of benzene rings is 1. The summed E-state index contributed by atoms with van der Waals surface area (Å²) in [7, 11) is 0. The quantitative estimate of drug-likeness (QED) is 0.883. The van der Waals surface area contributed by atoms with Gasteiger partial charge in [-0.3, -0.25) is 9.59 Å². The van der Waals surface area contributed by atoms with Crippen molar-refractivity contribution in [3.8, 4) is 6.07 Å². The van der Waals surface area contributed by atoms with E-state index in [1.165, 1.54) is 4.90 Å². The first-order valence-corrected chi connectivity index (χ1v) is 6.22. The van der Waals surface area contributed by atoms with Crippen LogP contribution in [0.5, 0.6) is 0 Å². The number of carbonyl (C=O) groups is 2. The number of amides is 1. The maximum atomic E-state index is 12.4. The number of carboxylic acids is 1. The van der Waals surface area contributed by atoms with E-state index in [1.54, 1.807) is 24.3 Å². The van der Waals surface area contributed by atoms with Crippen LogP contribution in [-0.2, 0) is 9.53 Å². The smallest absolute Gasteiger partial charge is 0.305 e. The van der Waals surface area contributed by atoms with Crippen LogP contribution in [0.3, 0.4) is 0 Å². The Hall–Kier alpha value is -2.39. The van der Waals surface area contributed by atoms with Crippen LogP contribution in [0.4, 0.5) is 0 Å². The van der Waals surface area contributed by atoms with Crippen molar-refractivity contribution in [1.29, 1.82) is 5.26 Å². The number of hydrogen-bond acceptors (Lipinski definition) is 4. The summed E-state index contributed by atoms with van der Waals surface area (Å²) in [6.45, 7) is 1.00. The third-order valence-corrected chi connectivity index (χ3v) is 3.16. The van der Waals surface area contributed by atoms with Gasteiger partial charge in [0, 0.05) is 12.1 Å². The molecule has 1 atom stereocenters. The minimum absolute atomic E-state index is 0.137. The molecule has 0 aliphatic carbocycles. The summed E-state index contributed by atoms with van der Waals surface area (Å²) in [5, 5.41) is 17.6. The van der Waals surface area contributed by atoms with E-state index >= 15 is 0 Å². The minimum atomic E-state index is -0.960. The summed E-state index contributed by atoms with van der Waals surface area (Å²) in [5.74, 6) is -1.19. The highest BCUT2D eigenvalue weighted by Crippen LogP contribution is 2.15. The fourth-order valence-corrected chi connectivity index (χ4v) is 2.15. The van der Waals surface area contributed by atoms with Gasteiger partial charge in [0.2, 0.25) is 0 Å². The Balaban J connectivity index is 2.16. The van der Waals surface area contributed by atoms with E-state index in [2.05, 4.69) is 0 Å². The molecule has 1 unspecified atom stereocenters. The molecule has 104 valence electrons. The van der Waals surface area contributed by atoms with Gasteiger partial charge < -0.3 is 14.7 Å². The number of carboxylic acid groups (broad SMARTS) is 1. The summed E-state index contributed by atoms with van der Waals surface area (Å²) >= 11 is 0. The molecule has 1 saturated heterocycles. The molecule has 0 aromatic heterocycles. The molecule has 2 rings (SSSR count). The Morgan fingerprint density at radius 3 is 2.70 bits per heavy atom. The number of ether oxygens (including phenoxy) is 1. The van der Waals surface area contributed by atoms with E-state index in [4.69, 9.17) is 15.1 Å². The van der Waals surface area contributed by atoms with Crippen molar-refractivity contribution < 1.29 is 19.4 Å². The molecule has 1 aromatic carbocycles. The Morgan fingerprint density at radius 1 is 1.40 bits per heavy atom. The SMILES string of the molecule is N#Cc1ccc(C(=O)N2CCOCC2CC(=O)O)cc1. The molecule has 1 heterocycles. The molecule has 0 saturated carbocycles. The van der Waals surface area contributed by atoms with E-state index in [1.807, 2.05) is 6.07 Å². The molecule has 1 aliphatic rings. The van der Waals surface area contributed by atoms with Crippen LogP contribution in [-0.4, -0.2) is 47.7 Å². The standard InChI is InChI=1S/C14H14N2O4/c15-8-10-1-3-11(4-2-10)14(19)16-5-6-20-9-12(16)7-13(17)18/h1-4,12H,5-7,9H2,(H,17,18). The summed E-state index contributed by atoms with van der Waals surface area (Å²) in [4.78, 5) is 24.7. The normalized spacial score (nSPS) is 18.4. The lowest BCUT2D eigenvalue weighted by molar-refractivity contribution is -0.139. The third-order valence-electron chi connectivity index (χ3n) is 3.16. The number of nitrogens with zero attached hydrogens (tertiary/aromatic N) is 2. The second kappa shape index (κ2) is 6.17. The van der Waals surface area contributed by atoms with Crippen LogP contribution in [0.1, 0.15) is 22.3 Å². The number of nitriles is 1. The van der Waals surface area contributed by atoms with Crippen molar-refractivity contribution >= 4 is 11.9 Å². The first kappa shape index (κ1) is 14.0. The van der Waals surface area contributed by atoms with Gasteiger partial charge in [-0.1, -0.05) is 0 Å². The maximum absolute atomic E-state index is 12.4. The van der Waals surface area contributed by atoms with E-state index in [-0.39, 0.29) is 18.9 Å². The molecule has 0 spiro atoms. The van der Waals surface area contributed by atoms with E-state index in [9.17, 15) is 9.59 Å². The zero-order chi connectivity index (χ0) is 14.5. The van der Waals surface area contributed by atoms with Crippen molar-refractivity contribution in [2.24, 2.45) is 0 Å². The number of morpholine rings is 1. The van der Waals surface area contributed by atoms with Crippen LogP contribution >= 0.6 is 0 Å². The lowest BCUT2D eigenvalue weighted by atomic mass is 10.1. The molecule has 1 N–H and O–H groups in total. The average molecular weight is 274 g/mol. The van der Waals surface area contributed by atoms with Gasteiger partial charge in [0.15, 0.2) is 0 Å². The molecule has 6 heteroatoms. The largest absolute Gasteiger partial charge is 0.481 e. The average Bonchev–Trinajstić information content (AvgIpc) is 2.46. The first-order chi connectivity index (χ1) is 9.61. The Morgan fingerprint density at radius 2 is 2.10 bits per heavy atom. The van der Waals surface area contributed by atoms with E-state index in [0.717, 1.165) is 0 Å². The summed E-state index contributed by atoms with van der Waals surface area (Å²) in [6, 6.07) is 7.82. The van der Waals surface area contributed by atoms with Gasteiger partial charge in [-0.2, -0.15) is 5.26 Å². The zero-order valence-electron chi connectivity index (χ0n) is 10.8. The van der Waals surface area contributed by atoms with Gasteiger partial charge in [0.25, 0.3) is 5.91 Å². The van der Waals surface area contributed by atoms with Crippen LogP contribution < -0.4 is 0 Å². The molecule has 6 nitrogen and oxygen atoms in total. The lowest BCUT2D eigenvalue weighted by Gasteiger charge is -2.34. The number of aliphatic carboxylic acids is 1. The zero-order valence-corrected chi connectivity index (χ0v) is 10.8. The van der Waals surface area contributed by atoms with Crippen LogP contribution in [0.2, 0.25) is 0 Å². The fourth-order valence-electron chi connectivity index (χ4n) is 2.15. The predicted octanol–water partition coefficient (Wildman–Crippen LogP) is 0.874. The van der Waals surface area contributed by atoms with Crippen LogP contribution in [0, 0.1) is 11.3 Å². The van der Waals surface area contributed by atoms with E-state index < -0.39 is 12.0 Å². The first-order valence-electron chi connectivity index (χ1n) is 6.22. The van der Waals surface area contributed by atoms with Crippen LogP contribution in [0.15, 0.2) is 24.3 Å². The highest BCUT2D eigenvalue weighted by molar-refractivity contribution is 5.94. The monoisotopic (exact) mass is 274 g/mol. The summed E-state index contributed by atoms with van der Waals surface area (Å²) in [5.41, 5.74) is 0.923. The molecule has 1 fully saturated rings. The van der Waals surface area contributed by atoms with Crippen molar-refractivity contribution in [2.75, 3.05) is 19.8 Å². The molecule has 0 radical (unpaired) electrons. The molecular weight excluding hydrogens is 260 g/mol. The molecule has 1 aromatic rings. The van der Waals surface area contributed by atoms with Crippen molar-refractivity contribution in [3.05, 3.63) is 35.4 Å². The molecule has 20 heavy (non-hydrogen) atoms. The van der Waals surface area contributed by atoms with Gasteiger partial charge >= 0.3 is 5.97 Å². The fraction of sp³-hybridized carbons (Fsp3) is 0.357. The number of hydrogen-bond donors (Lipinski definition) is 1. The van der Waals surface area contributed by atoms with Gasteiger partial charge in [-0.15, -0.1) is 0 Å². The lowest BCUT2D eigenvalue weighted by Crippen LogP contribution is -2.49. The Kier molecular flexibility index (Phi) is 4.33. The molecule has 0 bridgehead atoms. The minimum Gasteiger partial charge on any atom is -0.481 e. The van der Waals surface area contributed by atoms with Crippen molar-refractivity contribution in [3.63, 3.8) is 0 Å². The topological polar surface area (TPSA) is 90.6 Å². The van der Waals surface area contributed by atoms with Gasteiger partial charge in [-0.25, -0.2) is 0 Å². The highest BCUT2D eigenvalue weighted by atomic mass is 16.5. The van der Waals surface area contributed by atoms with Gasteiger partial charge in [0.1, 0.15) is 0 Å². The molecule has 1 amide bonds. The van der Waals surface area contributed by atoms with Crippen LogP contribution in [0.25, 0.3) is 0 Å². The second-order valence-corrected chi connectivity index (χ2v) is 4.51. The van der Waals surface area contributed by atoms with Crippen molar-refractivity contribution in [2.45, 2.75) is 12.5 Å². The number of carbonyl (C=O) groups excluding carboxylic acids is 1. The third kappa shape index (κ3) is 3.13. The predicted molar refractivity (Wildman–Crippen MR) is 69.1 cm³/mol. The maximum Gasteiger partial charge on any atom is 0.305 e. The van der Waals surface area contributed by atoms with Gasteiger partial charge in [0.05, 0.1) is 37.3 Å². The highest BCUT2D eigenvalue weighted by Gasteiger charge is 2.29. The molecular formula is C14H14N2O4. The number of rotatable bonds is 3. The summed E-state index contributed by atoms with van der Waals surface area (Å²) < 4.78 is 5.24. The summed E-state index contributed by atoms with van der Waals surface area (Å²) in [6.07, 6.45) is -0.137. The Labute approximate surface area is 116 Å². The Bertz CT molecular complexity index is 547. The molecule has 1 aliphatic heterocycles.